The lowest BCUT2D eigenvalue weighted by Gasteiger charge is -2.20. The molecule has 0 radical (unpaired) electrons. The molecule has 9 aromatic rings. The molecule has 0 unspecified atom stereocenters. The van der Waals surface area contributed by atoms with Crippen molar-refractivity contribution in [3.8, 4) is 45.8 Å². The van der Waals surface area contributed by atoms with Crippen LogP contribution in [0.1, 0.15) is 38.9 Å². The van der Waals surface area contributed by atoms with Crippen LogP contribution in [0.3, 0.4) is 0 Å². The Morgan fingerprint density at radius 3 is 1.39 bits per heavy atom. The molecule has 0 spiro atoms. The van der Waals surface area contributed by atoms with E-state index in [1.807, 2.05) is 42.5 Å². The van der Waals surface area contributed by atoms with Crippen molar-refractivity contribution in [2.75, 3.05) is 0 Å². The van der Waals surface area contributed by atoms with E-state index in [1.54, 1.807) is 0 Å². The van der Waals surface area contributed by atoms with Gasteiger partial charge in [-0.3, -0.25) is 0 Å². The Morgan fingerprint density at radius 2 is 0.929 bits per heavy atom. The minimum absolute atomic E-state index is 0.0740. The highest BCUT2D eigenvalue weighted by atomic mass is 19.4. The van der Waals surface area contributed by atoms with Crippen LogP contribution in [0.4, 0.5) is 13.2 Å². The van der Waals surface area contributed by atoms with E-state index in [1.165, 1.54) is 6.07 Å². The maximum absolute atomic E-state index is 13.8. The van der Waals surface area contributed by atoms with Crippen LogP contribution < -0.4 is 0 Å². The Bertz CT molecular complexity index is 3080. The number of hydrogen-bond donors (Lipinski definition) is 0. The average molecular weight is 735 g/mol. The van der Waals surface area contributed by atoms with E-state index in [0.29, 0.717) is 16.7 Å². The second kappa shape index (κ2) is 12.8. The van der Waals surface area contributed by atoms with Gasteiger partial charge >= 0.3 is 6.18 Å². The topological polar surface area (TPSA) is 57.4 Å². The molecule has 0 atom stereocenters. The molecular formula is C49H33F3N4. The van der Waals surface area contributed by atoms with Crippen molar-refractivity contribution in [3.63, 3.8) is 0 Å². The summed E-state index contributed by atoms with van der Waals surface area (Å²) in [6, 6.07) is 44.8. The SMILES string of the molecule is Cc1ccc2c(c1)c1cc(C)ccc1n2-c1ccc(C#N)cc1-c1ccc(-c2ccc(C(F)(F)F)cc2C#N)cc1-n1c2ccc(C)cc2c2cc(C)ccc21. The van der Waals surface area contributed by atoms with E-state index in [-0.39, 0.29) is 5.56 Å². The number of nitrogens with zero attached hydrogens (tertiary/aromatic N) is 4. The van der Waals surface area contributed by atoms with Crippen LogP contribution in [-0.2, 0) is 6.18 Å². The van der Waals surface area contributed by atoms with Gasteiger partial charge in [0.05, 0.1) is 62.3 Å². The predicted octanol–water partition coefficient (Wildman–Crippen LogP) is 13.2. The molecule has 0 saturated heterocycles. The molecule has 0 bridgehead atoms. The lowest BCUT2D eigenvalue weighted by molar-refractivity contribution is -0.137. The van der Waals surface area contributed by atoms with Gasteiger partial charge in [-0.05, 0) is 124 Å². The number of hydrogen-bond acceptors (Lipinski definition) is 2. The lowest BCUT2D eigenvalue weighted by atomic mass is 9.93. The molecule has 2 aromatic heterocycles. The number of halogens is 3. The van der Waals surface area contributed by atoms with E-state index in [4.69, 9.17) is 0 Å². The molecule has 4 nitrogen and oxygen atoms in total. The maximum Gasteiger partial charge on any atom is 0.416 e. The molecular weight excluding hydrogens is 702 g/mol. The van der Waals surface area contributed by atoms with Crippen LogP contribution in [0.5, 0.6) is 0 Å². The molecule has 9 rings (SSSR count). The van der Waals surface area contributed by atoms with Crippen LogP contribution in [0.2, 0.25) is 0 Å². The number of alkyl halides is 3. The van der Waals surface area contributed by atoms with Crippen LogP contribution in [0.15, 0.2) is 127 Å². The van der Waals surface area contributed by atoms with Gasteiger partial charge < -0.3 is 9.13 Å². The third-order valence-corrected chi connectivity index (χ3v) is 10.8. The first-order valence-electron chi connectivity index (χ1n) is 18.3. The standard InChI is InChI=1S/C49H33F3N4/c1-28-5-14-43-38(19-28)39-20-29(2)6-15-44(39)55(43)47-18-9-32(26-53)23-42(47)37-12-10-33(36-13-11-35(49(50,51)52)24-34(36)27-54)25-48(37)56-45-16-7-30(3)21-40(45)41-22-31(4)8-17-46(41)56/h5-25H,1-4H3. The maximum atomic E-state index is 13.8. The minimum Gasteiger partial charge on any atom is -0.309 e. The summed E-state index contributed by atoms with van der Waals surface area (Å²) in [5.74, 6) is 0. The van der Waals surface area contributed by atoms with Crippen LogP contribution in [0.25, 0.3) is 77.2 Å². The largest absolute Gasteiger partial charge is 0.416 e. The second-order valence-electron chi connectivity index (χ2n) is 14.7. The van der Waals surface area contributed by atoms with Crippen molar-refractivity contribution in [3.05, 3.63) is 166 Å². The van der Waals surface area contributed by atoms with E-state index in [9.17, 15) is 23.7 Å². The second-order valence-corrected chi connectivity index (χ2v) is 14.7. The van der Waals surface area contributed by atoms with Gasteiger partial charge in [-0.15, -0.1) is 0 Å². The van der Waals surface area contributed by atoms with E-state index in [2.05, 4.69) is 116 Å². The zero-order valence-electron chi connectivity index (χ0n) is 31.0. The van der Waals surface area contributed by atoms with Crippen LogP contribution in [0, 0.1) is 50.4 Å². The van der Waals surface area contributed by atoms with Crippen LogP contribution >= 0.6 is 0 Å². The normalized spacial score (nSPS) is 11.8. The van der Waals surface area contributed by atoms with Gasteiger partial charge in [-0.1, -0.05) is 64.7 Å². The summed E-state index contributed by atoms with van der Waals surface area (Å²) in [4.78, 5) is 0. The van der Waals surface area contributed by atoms with Crippen molar-refractivity contribution < 1.29 is 13.2 Å². The molecule has 0 saturated carbocycles. The fraction of sp³-hybridized carbons (Fsp3) is 0.102. The number of rotatable bonds is 4. The summed E-state index contributed by atoms with van der Waals surface area (Å²) in [6.07, 6.45) is -4.59. The van der Waals surface area contributed by atoms with Gasteiger partial charge in [-0.25, -0.2) is 0 Å². The predicted molar refractivity (Wildman–Crippen MR) is 219 cm³/mol. The third kappa shape index (κ3) is 5.51. The smallest absolute Gasteiger partial charge is 0.309 e. The molecule has 2 heterocycles. The average Bonchev–Trinajstić information content (AvgIpc) is 3.67. The number of nitriles is 2. The van der Waals surface area contributed by atoms with Crippen LogP contribution in [-0.4, -0.2) is 9.13 Å². The molecule has 270 valence electrons. The van der Waals surface area contributed by atoms with Gasteiger partial charge in [0, 0.05) is 32.7 Å². The Kier molecular flexibility index (Phi) is 7.90. The van der Waals surface area contributed by atoms with Gasteiger partial charge in [0.2, 0.25) is 0 Å². The molecule has 0 N–H and O–H groups in total. The molecule has 7 aromatic carbocycles. The van der Waals surface area contributed by atoms with Crippen molar-refractivity contribution in [1.29, 1.82) is 10.5 Å². The lowest BCUT2D eigenvalue weighted by Crippen LogP contribution is -2.05. The summed E-state index contributed by atoms with van der Waals surface area (Å²) in [6.45, 7) is 8.30. The zero-order chi connectivity index (χ0) is 39.0. The number of aromatic nitrogens is 2. The van der Waals surface area contributed by atoms with E-state index < -0.39 is 11.7 Å². The summed E-state index contributed by atoms with van der Waals surface area (Å²) in [7, 11) is 0. The summed E-state index contributed by atoms with van der Waals surface area (Å²) >= 11 is 0. The van der Waals surface area contributed by atoms with Gasteiger partial charge in [0.1, 0.15) is 0 Å². The Morgan fingerprint density at radius 1 is 0.446 bits per heavy atom. The Labute approximate surface area is 321 Å². The zero-order valence-corrected chi connectivity index (χ0v) is 31.0. The molecule has 0 aliphatic rings. The molecule has 0 fully saturated rings. The summed E-state index contributed by atoms with van der Waals surface area (Å²) in [5.41, 5.74) is 12.2. The van der Waals surface area contributed by atoms with E-state index in [0.717, 1.165) is 100 Å². The molecule has 0 aliphatic carbocycles. The number of fused-ring (bicyclic) bond motifs is 6. The molecule has 7 heteroatoms. The minimum atomic E-state index is -4.59. The van der Waals surface area contributed by atoms with Gasteiger partial charge in [0.15, 0.2) is 0 Å². The number of benzene rings is 7. The van der Waals surface area contributed by atoms with Crippen molar-refractivity contribution in [1.82, 2.24) is 9.13 Å². The third-order valence-electron chi connectivity index (χ3n) is 10.8. The highest BCUT2D eigenvalue weighted by molar-refractivity contribution is 6.12. The monoisotopic (exact) mass is 734 g/mol. The number of aryl methyl sites for hydroxylation is 4. The first-order valence-corrected chi connectivity index (χ1v) is 18.3. The van der Waals surface area contributed by atoms with Crippen molar-refractivity contribution in [2.45, 2.75) is 33.9 Å². The summed E-state index contributed by atoms with van der Waals surface area (Å²) < 4.78 is 45.8. The summed E-state index contributed by atoms with van der Waals surface area (Å²) in [5, 5.41) is 24.8. The van der Waals surface area contributed by atoms with Crippen molar-refractivity contribution >= 4 is 43.6 Å². The Hall–Kier alpha value is -7.09. The fourth-order valence-electron chi connectivity index (χ4n) is 8.21. The van der Waals surface area contributed by atoms with Gasteiger partial charge in [-0.2, -0.15) is 23.7 Å². The fourth-order valence-corrected chi connectivity index (χ4v) is 8.21. The van der Waals surface area contributed by atoms with Gasteiger partial charge in [0.25, 0.3) is 0 Å². The first kappa shape index (κ1) is 34.7. The van der Waals surface area contributed by atoms with Crippen molar-refractivity contribution in [2.24, 2.45) is 0 Å². The highest BCUT2D eigenvalue weighted by Gasteiger charge is 2.31. The first-order chi connectivity index (χ1) is 26.9. The quantitative estimate of drug-likeness (QED) is 0.181. The molecule has 0 amide bonds. The molecule has 56 heavy (non-hydrogen) atoms. The molecule has 0 aliphatic heterocycles. The van der Waals surface area contributed by atoms with E-state index >= 15 is 0 Å². The highest BCUT2D eigenvalue weighted by Crippen LogP contribution is 2.43. The Balaban J connectivity index is 1.41.